The van der Waals surface area contributed by atoms with Crippen LogP contribution in [0.25, 0.3) is 6.08 Å². The van der Waals surface area contributed by atoms with Gasteiger partial charge in [-0.15, -0.1) is 0 Å². The first kappa shape index (κ1) is 20.6. The number of esters is 1. The van der Waals surface area contributed by atoms with Crippen molar-refractivity contribution in [3.05, 3.63) is 59.9 Å². The summed E-state index contributed by atoms with van der Waals surface area (Å²) >= 11 is 0. The van der Waals surface area contributed by atoms with Gasteiger partial charge in [0.15, 0.2) is 18.2 Å². The number of amides is 2. The molecule has 0 aliphatic carbocycles. The third-order valence-corrected chi connectivity index (χ3v) is 3.42. The maximum absolute atomic E-state index is 13.6. The summed E-state index contributed by atoms with van der Waals surface area (Å²) in [6.45, 7) is 0.914. The van der Waals surface area contributed by atoms with Crippen molar-refractivity contribution in [1.29, 1.82) is 0 Å². The molecule has 2 N–H and O–H groups in total. The summed E-state index contributed by atoms with van der Waals surface area (Å²) in [6.07, 6.45) is 2.46. The topological polar surface area (TPSA) is 93.7 Å². The van der Waals surface area contributed by atoms with Crippen molar-refractivity contribution in [2.75, 3.05) is 24.4 Å². The number of methoxy groups -OCH3 is 1. The number of carbonyl (C=O) groups excluding carboxylic acids is 3. The van der Waals surface area contributed by atoms with Gasteiger partial charge >= 0.3 is 5.97 Å². The molecule has 8 heteroatoms. The Bertz CT molecular complexity index is 894. The molecular formula is C20H19FN2O5. The van der Waals surface area contributed by atoms with Gasteiger partial charge in [-0.05, 0) is 48.0 Å². The van der Waals surface area contributed by atoms with Crippen molar-refractivity contribution in [1.82, 2.24) is 0 Å². The molecule has 0 saturated carbocycles. The molecule has 28 heavy (non-hydrogen) atoms. The molecule has 2 aromatic rings. The van der Waals surface area contributed by atoms with Crippen molar-refractivity contribution < 1.29 is 28.2 Å². The van der Waals surface area contributed by atoms with Crippen LogP contribution in [0.15, 0.2) is 48.5 Å². The quantitative estimate of drug-likeness (QED) is 0.564. The molecule has 0 fully saturated rings. The molecule has 0 atom stereocenters. The summed E-state index contributed by atoms with van der Waals surface area (Å²) in [4.78, 5) is 34.5. The smallest absolute Gasteiger partial charge is 0.331 e. The van der Waals surface area contributed by atoms with Crippen LogP contribution in [-0.4, -0.2) is 31.5 Å². The first-order chi connectivity index (χ1) is 13.4. The number of hydrogen-bond donors (Lipinski definition) is 2. The normalized spacial score (nSPS) is 10.4. The van der Waals surface area contributed by atoms with E-state index in [0.29, 0.717) is 16.9 Å². The molecular weight excluding hydrogens is 367 g/mol. The van der Waals surface area contributed by atoms with Crippen LogP contribution in [0.1, 0.15) is 12.5 Å². The Kier molecular flexibility index (Phi) is 7.27. The van der Waals surface area contributed by atoms with E-state index in [9.17, 15) is 18.8 Å². The highest BCUT2D eigenvalue weighted by Crippen LogP contribution is 2.18. The zero-order valence-electron chi connectivity index (χ0n) is 15.3. The lowest BCUT2D eigenvalue weighted by atomic mass is 10.2. The van der Waals surface area contributed by atoms with Gasteiger partial charge < -0.3 is 20.1 Å². The van der Waals surface area contributed by atoms with E-state index in [4.69, 9.17) is 9.47 Å². The van der Waals surface area contributed by atoms with E-state index in [0.717, 1.165) is 6.08 Å². The Labute approximate surface area is 161 Å². The van der Waals surface area contributed by atoms with Gasteiger partial charge in [0.1, 0.15) is 0 Å². The van der Waals surface area contributed by atoms with Crippen LogP contribution in [0.4, 0.5) is 15.8 Å². The minimum Gasteiger partial charge on any atom is -0.494 e. The Morgan fingerprint density at radius 2 is 1.68 bits per heavy atom. The second-order valence-electron chi connectivity index (χ2n) is 5.64. The van der Waals surface area contributed by atoms with E-state index in [1.807, 2.05) is 0 Å². The van der Waals surface area contributed by atoms with Gasteiger partial charge in [-0.2, -0.15) is 0 Å². The monoisotopic (exact) mass is 386 g/mol. The summed E-state index contributed by atoms with van der Waals surface area (Å²) in [5.74, 6) is -1.92. The SMILES string of the molecule is COc1ccc(/C=C/C(=O)OCC(=O)Nc2ccc(NC(C)=O)cc2)cc1F. The Morgan fingerprint density at radius 1 is 1.04 bits per heavy atom. The van der Waals surface area contributed by atoms with Crippen LogP contribution < -0.4 is 15.4 Å². The molecule has 0 radical (unpaired) electrons. The molecule has 0 aliphatic rings. The Balaban J connectivity index is 1.81. The van der Waals surface area contributed by atoms with Gasteiger partial charge in [-0.1, -0.05) is 6.07 Å². The Hall–Kier alpha value is -3.68. The molecule has 0 saturated heterocycles. The lowest BCUT2D eigenvalue weighted by Gasteiger charge is -2.07. The molecule has 2 amide bonds. The van der Waals surface area contributed by atoms with Crippen LogP contribution in [0, 0.1) is 5.82 Å². The number of halogens is 1. The largest absolute Gasteiger partial charge is 0.494 e. The second-order valence-corrected chi connectivity index (χ2v) is 5.64. The molecule has 0 aliphatic heterocycles. The fourth-order valence-electron chi connectivity index (χ4n) is 2.17. The first-order valence-electron chi connectivity index (χ1n) is 8.23. The van der Waals surface area contributed by atoms with Gasteiger partial charge in [-0.3, -0.25) is 9.59 Å². The highest BCUT2D eigenvalue weighted by atomic mass is 19.1. The fourth-order valence-corrected chi connectivity index (χ4v) is 2.17. The van der Waals surface area contributed by atoms with Crippen LogP contribution in [0.2, 0.25) is 0 Å². The summed E-state index contributed by atoms with van der Waals surface area (Å²) in [6, 6.07) is 10.7. The highest BCUT2D eigenvalue weighted by Gasteiger charge is 2.07. The van der Waals surface area contributed by atoms with Crippen LogP contribution in [-0.2, 0) is 19.1 Å². The summed E-state index contributed by atoms with van der Waals surface area (Å²) in [7, 11) is 1.35. The number of nitrogens with one attached hydrogen (secondary N) is 2. The van der Waals surface area contributed by atoms with Gasteiger partial charge in [-0.25, -0.2) is 9.18 Å². The van der Waals surface area contributed by atoms with Gasteiger partial charge in [0, 0.05) is 24.4 Å². The number of carbonyl (C=O) groups is 3. The molecule has 0 unspecified atom stereocenters. The predicted octanol–water partition coefficient (Wildman–Crippen LogP) is 2.99. The van der Waals surface area contributed by atoms with Gasteiger partial charge in [0.25, 0.3) is 5.91 Å². The fraction of sp³-hybridized carbons (Fsp3) is 0.150. The molecule has 2 aromatic carbocycles. The minimum atomic E-state index is -0.743. The minimum absolute atomic E-state index is 0.0986. The number of rotatable bonds is 7. The van der Waals surface area contributed by atoms with E-state index in [-0.39, 0.29) is 11.7 Å². The Morgan fingerprint density at radius 3 is 2.25 bits per heavy atom. The van der Waals surface area contributed by atoms with Crippen molar-refractivity contribution in [2.45, 2.75) is 6.92 Å². The third kappa shape index (κ3) is 6.56. The van der Waals surface area contributed by atoms with Crippen LogP contribution >= 0.6 is 0 Å². The summed E-state index contributed by atoms with van der Waals surface area (Å²) < 4.78 is 23.2. The van der Waals surface area contributed by atoms with Crippen molar-refractivity contribution in [3.63, 3.8) is 0 Å². The number of hydrogen-bond acceptors (Lipinski definition) is 5. The average Bonchev–Trinajstić information content (AvgIpc) is 2.66. The zero-order valence-corrected chi connectivity index (χ0v) is 15.3. The lowest BCUT2D eigenvalue weighted by molar-refractivity contribution is -0.142. The molecule has 7 nitrogen and oxygen atoms in total. The number of benzene rings is 2. The van der Waals surface area contributed by atoms with E-state index >= 15 is 0 Å². The number of anilines is 2. The predicted molar refractivity (Wildman–Crippen MR) is 102 cm³/mol. The third-order valence-electron chi connectivity index (χ3n) is 3.42. The molecule has 0 aromatic heterocycles. The first-order valence-corrected chi connectivity index (χ1v) is 8.23. The van der Waals surface area contributed by atoms with E-state index < -0.39 is 24.3 Å². The zero-order chi connectivity index (χ0) is 20.5. The number of ether oxygens (including phenoxy) is 2. The van der Waals surface area contributed by atoms with Crippen molar-refractivity contribution in [2.24, 2.45) is 0 Å². The molecule has 0 spiro atoms. The second kappa shape index (κ2) is 9.86. The van der Waals surface area contributed by atoms with Gasteiger partial charge in [0.2, 0.25) is 5.91 Å². The molecule has 2 rings (SSSR count). The lowest BCUT2D eigenvalue weighted by Crippen LogP contribution is -2.20. The van der Waals surface area contributed by atoms with Crippen LogP contribution in [0.5, 0.6) is 5.75 Å². The average molecular weight is 386 g/mol. The molecule has 146 valence electrons. The van der Waals surface area contributed by atoms with E-state index in [1.165, 1.54) is 32.2 Å². The van der Waals surface area contributed by atoms with Crippen LogP contribution in [0.3, 0.4) is 0 Å². The summed E-state index contributed by atoms with van der Waals surface area (Å²) in [5, 5.41) is 5.16. The highest BCUT2D eigenvalue weighted by molar-refractivity contribution is 5.95. The maximum Gasteiger partial charge on any atom is 0.331 e. The van der Waals surface area contributed by atoms with E-state index in [2.05, 4.69) is 10.6 Å². The van der Waals surface area contributed by atoms with Crippen molar-refractivity contribution in [3.8, 4) is 5.75 Å². The van der Waals surface area contributed by atoms with Crippen molar-refractivity contribution >= 4 is 35.2 Å². The van der Waals surface area contributed by atoms with Gasteiger partial charge in [0.05, 0.1) is 7.11 Å². The molecule has 0 bridgehead atoms. The standard InChI is InChI=1S/C20H19FN2O5/c1-13(24)22-15-5-7-16(8-6-15)23-19(25)12-28-20(26)10-4-14-3-9-18(27-2)17(21)11-14/h3-11H,12H2,1-2H3,(H,22,24)(H,23,25)/b10-4+. The van der Waals surface area contributed by atoms with E-state index in [1.54, 1.807) is 30.3 Å². The summed E-state index contributed by atoms with van der Waals surface area (Å²) in [5.41, 5.74) is 1.52. The molecule has 0 heterocycles. The maximum atomic E-state index is 13.6.